The standard InChI is InChI=1S/C14H17NO4/c1-17-14(16)12(9-5-6-9)15-7-10-3-2-4-11-13(10)19-8-18-11/h2-4,9,12,15H,5-8H2,1H3. The number of hydrogen-bond donors (Lipinski definition) is 1. The molecule has 0 bridgehead atoms. The Labute approximate surface area is 111 Å². The van der Waals surface area contributed by atoms with Crippen molar-refractivity contribution in [2.75, 3.05) is 13.9 Å². The molecule has 0 amide bonds. The van der Waals surface area contributed by atoms with E-state index in [9.17, 15) is 4.79 Å². The molecule has 102 valence electrons. The molecule has 1 aliphatic heterocycles. The molecule has 1 heterocycles. The highest BCUT2D eigenvalue weighted by Crippen LogP contribution is 2.36. The normalized spacial score (nSPS) is 18.2. The van der Waals surface area contributed by atoms with E-state index >= 15 is 0 Å². The highest BCUT2D eigenvalue weighted by molar-refractivity contribution is 5.76. The number of fused-ring (bicyclic) bond motifs is 1. The highest BCUT2D eigenvalue weighted by atomic mass is 16.7. The number of hydrogen-bond acceptors (Lipinski definition) is 5. The van der Waals surface area contributed by atoms with Gasteiger partial charge in [-0.15, -0.1) is 0 Å². The molecule has 3 rings (SSSR count). The molecule has 0 spiro atoms. The molecule has 1 aromatic rings. The van der Waals surface area contributed by atoms with Crippen molar-refractivity contribution in [2.24, 2.45) is 5.92 Å². The van der Waals surface area contributed by atoms with Gasteiger partial charge in [-0.3, -0.25) is 10.1 Å². The second kappa shape index (κ2) is 5.09. The maximum absolute atomic E-state index is 11.7. The average Bonchev–Trinajstić information content (AvgIpc) is 3.15. The van der Waals surface area contributed by atoms with Gasteiger partial charge in [-0.25, -0.2) is 0 Å². The summed E-state index contributed by atoms with van der Waals surface area (Å²) in [6.07, 6.45) is 2.17. The summed E-state index contributed by atoms with van der Waals surface area (Å²) >= 11 is 0. The van der Waals surface area contributed by atoms with Gasteiger partial charge in [0.25, 0.3) is 0 Å². The van der Waals surface area contributed by atoms with Gasteiger partial charge in [-0.1, -0.05) is 12.1 Å². The number of nitrogens with one attached hydrogen (secondary N) is 1. The summed E-state index contributed by atoms with van der Waals surface area (Å²) in [5, 5.41) is 3.27. The third kappa shape index (κ3) is 2.51. The zero-order valence-corrected chi connectivity index (χ0v) is 10.8. The molecule has 1 saturated carbocycles. The van der Waals surface area contributed by atoms with Crippen LogP contribution in [0.3, 0.4) is 0 Å². The second-order valence-corrected chi connectivity index (χ2v) is 4.87. The van der Waals surface area contributed by atoms with Crippen LogP contribution in [0.15, 0.2) is 18.2 Å². The van der Waals surface area contributed by atoms with Crippen molar-refractivity contribution in [3.63, 3.8) is 0 Å². The van der Waals surface area contributed by atoms with E-state index in [4.69, 9.17) is 14.2 Å². The van der Waals surface area contributed by atoms with Gasteiger partial charge in [-0.2, -0.15) is 0 Å². The fourth-order valence-electron chi connectivity index (χ4n) is 2.35. The quantitative estimate of drug-likeness (QED) is 0.815. The molecule has 1 aliphatic carbocycles. The lowest BCUT2D eigenvalue weighted by Crippen LogP contribution is -2.39. The minimum Gasteiger partial charge on any atom is -0.468 e. The Morgan fingerprint density at radius 2 is 2.32 bits per heavy atom. The van der Waals surface area contributed by atoms with Crippen LogP contribution in [0.2, 0.25) is 0 Å². The lowest BCUT2D eigenvalue weighted by molar-refractivity contribution is -0.143. The summed E-state index contributed by atoms with van der Waals surface area (Å²) in [6, 6.07) is 5.56. The molecule has 5 nitrogen and oxygen atoms in total. The fraction of sp³-hybridized carbons (Fsp3) is 0.500. The van der Waals surface area contributed by atoms with Crippen molar-refractivity contribution in [3.8, 4) is 11.5 Å². The van der Waals surface area contributed by atoms with E-state index in [1.54, 1.807) is 0 Å². The Morgan fingerprint density at radius 3 is 3.05 bits per heavy atom. The van der Waals surface area contributed by atoms with Crippen LogP contribution in [0.5, 0.6) is 11.5 Å². The van der Waals surface area contributed by atoms with E-state index in [1.807, 2.05) is 18.2 Å². The van der Waals surface area contributed by atoms with Crippen LogP contribution in [-0.2, 0) is 16.1 Å². The minimum atomic E-state index is -0.219. The zero-order chi connectivity index (χ0) is 13.2. The Kier molecular flexibility index (Phi) is 3.29. The number of carbonyl (C=O) groups is 1. The molecule has 5 heteroatoms. The highest BCUT2D eigenvalue weighted by Gasteiger charge is 2.36. The first kappa shape index (κ1) is 12.3. The molecule has 0 aromatic heterocycles. The first-order chi connectivity index (χ1) is 9.29. The van der Waals surface area contributed by atoms with E-state index in [0.717, 1.165) is 29.9 Å². The second-order valence-electron chi connectivity index (χ2n) is 4.87. The molecule has 19 heavy (non-hydrogen) atoms. The molecule has 1 aromatic carbocycles. The topological polar surface area (TPSA) is 56.8 Å². The third-order valence-electron chi connectivity index (χ3n) is 3.54. The summed E-state index contributed by atoms with van der Waals surface area (Å²) in [5.74, 6) is 1.75. The number of carbonyl (C=O) groups excluding carboxylic acids is 1. The van der Waals surface area contributed by atoms with Crippen LogP contribution in [0.4, 0.5) is 0 Å². The minimum absolute atomic E-state index is 0.188. The van der Waals surface area contributed by atoms with Crippen molar-refractivity contribution < 1.29 is 19.0 Å². The van der Waals surface area contributed by atoms with E-state index in [1.165, 1.54) is 7.11 Å². The average molecular weight is 263 g/mol. The van der Waals surface area contributed by atoms with Crippen LogP contribution in [0.25, 0.3) is 0 Å². The van der Waals surface area contributed by atoms with Crippen molar-refractivity contribution in [2.45, 2.75) is 25.4 Å². The zero-order valence-electron chi connectivity index (χ0n) is 10.8. The van der Waals surface area contributed by atoms with Crippen LogP contribution in [0, 0.1) is 5.92 Å². The van der Waals surface area contributed by atoms with Gasteiger partial charge in [0, 0.05) is 12.1 Å². The van der Waals surface area contributed by atoms with Gasteiger partial charge in [0.05, 0.1) is 7.11 Å². The van der Waals surface area contributed by atoms with Crippen molar-refractivity contribution in [3.05, 3.63) is 23.8 Å². The molecular formula is C14H17NO4. The number of para-hydroxylation sites is 1. The number of ether oxygens (including phenoxy) is 3. The van der Waals surface area contributed by atoms with Crippen LogP contribution in [-0.4, -0.2) is 25.9 Å². The van der Waals surface area contributed by atoms with Gasteiger partial charge >= 0.3 is 5.97 Å². The summed E-state index contributed by atoms with van der Waals surface area (Å²) in [6.45, 7) is 0.832. The van der Waals surface area contributed by atoms with Crippen LogP contribution >= 0.6 is 0 Å². The van der Waals surface area contributed by atoms with Gasteiger partial charge < -0.3 is 14.2 Å². The Bertz CT molecular complexity index is 484. The number of benzene rings is 1. The Morgan fingerprint density at radius 1 is 1.47 bits per heavy atom. The lowest BCUT2D eigenvalue weighted by atomic mass is 10.1. The summed E-state index contributed by atoms with van der Waals surface area (Å²) in [4.78, 5) is 11.7. The fourth-order valence-corrected chi connectivity index (χ4v) is 2.35. The largest absolute Gasteiger partial charge is 0.468 e. The molecule has 0 radical (unpaired) electrons. The Balaban J connectivity index is 1.68. The van der Waals surface area contributed by atoms with Crippen molar-refractivity contribution >= 4 is 5.97 Å². The maximum atomic E-state index is 11.7. The van der Waals surface area contributed by atoms with Crippen LogP contribution < -0.4 is 14.8 Å². The Hall–Kier alpha value is -1.75. The van der Waals surface area contributed by atoms with Crippen molar-refractivity contribution in [1.29, 1.82) is 0 Å². The van der Waals surface area contributed by atoms with Gasteiger partial charge in [0.15, 0.2) is 11.5 Å². The summed E-state index contributed by atoms with van der Waals surface area (Å²) < 4.78 is 15.6. The predicted octanol–water partition coefficient (Wildman–Crippen LogP) is 1.46. The number of methoxy groups -OCH3 is 1. The molecular weight excluding hydrogens is 246 g/mol. The number of rotatable bonds is 5. The number of esters is 1. The van der Waals surface area contributed by atoms with Crippen LogP contribution in [0.1, 0.15) is 18.4 Å². The van der Waals surface area contributed by atoms with Gasteiger partial charge in [0.1, 0.15) is 6.04 Å². The molecule has 1 atom stereocenters. The van der Waals surface area contributed by atoms with Gasteiger partial charge in [0.2, 0.25) is 6.79 Å². The van der Waals surface area contributed by atoms with E-state index in [2.05, 4.69) is 5.32 Å². The summed E-state index contributed by atoms with van der Waals surface area (Å²) in [7, 11) is 1.43. The molecule has 1 fully saturated rings. The molecule has 0 saturated heterocycles. The molecule has 1 N–H and O–H groups in total. The summed E-state index contributed by atoms with van der Waals surface area (Å²) in [5.41, 5.74) is 1.00. The first-order valence-corrected chi connectivity index (χ1v) is 6.48. The third-order valence-corrected chi connectivity index (χ3v) is 3.54. The predicted molar refractivity (Wildman–Crippen MR) is 67.9 cm³/mol. The monoisotopic (exact) mass is 263 g/mol. The van der Waals surface area contributed by atoms with Crippen molar-refractivity contribution in [1.82, 2.24) is 5.32 Å². The lowest BCUT2D eigenvalue weighted by Gasteiger charge is -2.16. The smallest absolute Gasteiger partial charge is 0.323 e. The maximum Gasteiger partial charge on any atom is 0.323 e. The van der Waals surface area contributed by atoms with Gasteiger partial charge in [-0.05, 0) is 24.8 Å². The SMILES string of the molecule is COC(=O)C(NCc1cccc2c1OCO2)C1CC1. The first-order valence-electron chi connectivity index (χ1n) is 6.48. The molecule has 1 unspecified atom stereocenters. The van der Waals surface area contributed by atoms with E-state index in [-0.39, 0.29) is 18.8 Å². The molecule has 2 aliphatic rings. The van der Waals surface area contributed by atoms with E-state index in [0.29, 0.717) is 12.5 Å². The van der Waals surface area contributed by atoms with E-state index < -0.39 is 0 Å².